The molecule has 1 aromatic carbocycles. The van der Waals surface area contributed by atoms with Gasteiger partial charge in [-0.3, -0.25) is 0 Å². The molecule has 6 heteroatoms. The van der Waals surface area contributed by atoms with Gasteiger partial charge in [-0.2, -0.15) is 0 Å². The molecular weight excluding hydrogens is 392 g/mol. The van der Waals surface area contributed by atoms with Gasteiger partial charge in [-0.05, 0) is 56.2 Å². The molecular formula is C23H33ClO5. The predicted octanol–water partition coefficient (Wildman–Crippen LogP) is 4.56. The van der Waals surface area contributed by atoms with E-state index < -0.39 is 6.10 Å². The number of rotatable bonds is 6. The van der Waals surface area contributed by atoms with Gasteiger partial charge in [-0.1, -0.05) is 30.5 Å². The average Bonchev–Trinajstić information content (AvgIpc) is 3.23. The summed E-state index contributed by atoms with van der Waals surface area (Å²) in [4.78, 5) is 0. The first-order valence-corrected chi connectivity index (χ1v) is 11.5. The van der Waals surface area contributed by atoms with Gasteiger partial charge in [0.05, 0.1) is 48.3 Å². The topological polar surface area (TPSA) is 68.2 Å². The summed E-state index contributed by atoms with van der Waals surface area (Å²) in [6.07, 6.45) is 9.97. The molecule has 3 fully saturated rings. The van der Waals surface area contributed by atoms with Gasteiger partial charge in [0.25, 0.3) is 0 Å². The fourth-order valence-corrected chi connectivity index (χ4v) is 5.06. The monoisotopic (exact) mass is 424 g/mol. The van der Waals surface area contributed by atoms with Crippen LogP contribution in [0.1, 0.15) is 75.9 Å². The number of hydrogen-bond donors (Lipinski definition) is 2. The second-order valence-electron chi connectivity index (χ2n) is 8.80. The van der Waals surface area contributed by atoms with Crippen LogP contribution in [0.4, 0.5) is 0 Å². The summed E-state index contributed by atoms with van der Waals surface area (Å²) >= 11 is 6.40. The number of aliphatic hydroxyl groups excluding tert-OH is 2. The summed E-state index contributed by atoms with van der Waals surface area (Å²) in [6.45, 7) is -0.0866. The summed E-state index contributed by atoms with van der Waals surface area (Å²) in [5.41, 5.74) is 0.930. The van der Waals surface area contributed by atoms with Crippen molar-refractivity contribution in [3.63, 3.8) is 0 Å². The van der Waals surface area contributed by atoms with Crippen LogP contribution in [0.5, 0.6) is 5.75 Å². The molecule has 3 unspecified atom stereocenters. The van der Waals surface area contributed by atoms with Crippen LogP contribution in [0.3, 0.4) is 0 Å². The maximum absolute atomic E-state index is 10.1. The largest absolute Gasteiger partial charge is 0.489 e. The molecule has 3 aliphatic rings. The lowest BCUT2D eigenvalue weighted by molar-refractivity contribution is -0.113. The average molecular weight is 425 g/mol. The molecule has 1 saturated heterocycles. The van der Waals surface area contributed by atoms with Crippen LogP contribution in [0.2, 0.25) is 5.02 Å². The number of hydrogen-bond acceptors (Lipinski definition) is 5. The Hall–Kier alpha value is -0.850. The molecule has 0 amide bonds. The zero-order chi connectivity index (χ0) is 20.2. The van der Waals surface area contributed by atoms with E-state index in [1.807, 2.05) is 18.2 Å². The Morgan fingerprint density at radius 2 is 1.66 bits per heavy atom. The minimum atomic E-state index is -0.471. The molecule has 5 nitrogen and oxygen atoms in total. The molecule has 4 rings (SSSR count). The zero-order valence-corrected chi connectivity index (χ0v) is 17.7. The van der Waals surface area contributed by atoms with E-state index >= 15 is 0 Å². The smallest absolute Gasteiger partial charge is 0.138 e. The lowest BCUT2D eigenvalue weighted by Crippen LogP contribution is -2.33. The van der Waals surface area contributed by atoms with E-state index in [2.05, 4.69) is 0 Å². The predicted molar refractivity (Wildman–Crippen MR) is 111 cm³/mol. The van der Waals surface area contributed by atoms with Crippen LogP contribution in [0.15, 0.2) is 18.2 Å². The van der Waals surface area contributed by atoms with Crippen molar-refractivity contribution in [2.24, 2.45) is 0 Å². The van der Waals surface area contributed by atoms with Crippen LogP contribution < -0.4 is 4.74 Å². The van der Waals surface area contributed by atoms with Crippen molar-refractivity contribution in [2.75, 3.05) is 6.61 Å². The lowest BCUT2D eigenvalue weighted by Gasteiger charge is -2.33. The van der Waals surface area contributed by atoms with Gasteiger partial charge in [0.1, 0.15) is 5.75 Å². The van der Waals surface area contributed by atoms with Crippen molar-refractivity contribution in [2.45, 2.75) is 101 Å². The summed E-state index contributed by atoms with van der Waals surface area (Å²) < 4.78 is 18.5. The van der Waals surface area contributed by atoms with Gasteiger partial charge >= 0.3 is 0 Å². The quantitative estimate of drug-likeness (QED) is 0.700. The third kappa shape index (κ3) is 5.65. The van der Waals surface area contributed by atoms with E-state index in [0.29, 0.717) is 35.8 Å². The number of benzene rings is 1. The maximum Gasteiger partial charge on any atom is 0.138 e. The van der Waals surface area contributed by atoms with E-state index in [4.69, 9.17) is 25.8 Å². The standard InChI is InChI=1S/C23H33ClO5/c24-21-10-5-15(22-13-16(26)12-20(14-25)29-22)11-23(21)28-19-8-6-18(7-9-19)27-17-3-1-2-4-17/h5,10-11,16-20,22,25-26H,1-4,6-9,12-14H2. The van der Waals surface area contributed by atoms with Gasteiger partial charge in [0.2, 0.25) is 0 Å². The normalized spacial score (nSPS) is 33.7. The Balaban J connectivity index is 1.33. The van der Waals surface area contributed by atoms with E-state index in [1.54, 1.807) is 0 Å². The minimum Gasteiger partial charge on any atom is -0.489 e. The summed E-state index contributed by atoms with van der Waals surface area (Å²) in [6, 6.07) is 5.68. The van der Waals surface area contributed by atoms with E-state index in [-0.39, 0.29) is 24.9 Å². The highest BCUT2D eigenvalue weighted by molar-refractivity contribution is 6.32. The zero-order valence-electron chi connectivity index (χ0n) is 17.0. The van der Waals surface area contributed by atoms with E-state index in [1.165, 1.54) is 25.7 Å². The van der Waals surface area contributed by atoms with Gasteiger partial charge in [-0.25, -0.2) is 0 Å². The SMILES string of the molecule is OCC1CC(O)CC(c2ccc(Cl)c(OC3CCC(OC4CCCC4)CC3)c2)O1. The molecule has 162 valence electrons. The lowest BCUT2D eigenvalue weighted by atomic mass is 9.94. The third-order valence-electron chi connectivity index (χ3n) is 6.51. The molecule has 2 saturated carbocycles. The number of ether oxygens (including phenoxy) is 3. The summed E-state index contributed by atoms with van der Waals surface area (Å²) in [5, 5.41) is 20.1. The van der Waals surface area contributed by atoms with Gasteiger partial charge in [-0.15, -0.1) is 0 Å². The van der Waals surface area contributed by atoms with Crippen molar-refractivity contribution >= 4 is 11.6 Å². The Morgan fingerprint density at radius 1 is 0.966 bits per heavy atom. The van der Waals surface area contributed by atoms with Crippen molar-refractivity contribution in [3.05, 3.63) is 28.8 Å². The molecule has 2 N–H and O–H groups in total. The Kier molecular flexibility index (Phi) is 7.35. The summed E-state index contributed by atoms with van der Waals surface area (Å²) in [7, 11) is 0. The van der Waals surface area contributed by atoms with Crippen molar-refractivity contribution in [1.29, 1.82) is 0 Å². The first-order chi connectivity index (χ1) is 14.1. The van der Waals surface area contributed by atoms with Gasteiger partial charge in [0.15, 0.2) is 0 Å². The van der Waals surface area contributed by atoms with Crippen LogP contribution >= 0.6 is 11.6 Å². The van der Waals surface area contributed by atoms with Gasteiger partial charge < -0.3 is 24.4 Å². The van der Waals surface area contributed by atoms with E-state index in [0.717, 1.165) is 31.2 Å². The minimum absolute atomic E-state index is 0.0866. The number of halogens is 1. The highest BCUT2D eigenvalue weighted by Crippen LogP contribution is 2.37. The molecule has 0 aromatic heterocycles. The molecule has 0 spiro atoms. The van der Waals surface area contributed by atoms with Crippen LogP contribution in [-0.4, -0.2) is 47.3 Å². The Labute approximate surface area is 178 Å². The first-order valence-electron chi connectivity index (χ1n) is 11.2. The first kappa shape index (κ1) is 21.4. The van der Waals surface area contributed by atoms with Crippen molar-refractivity contribution in [1.82, 2.24) is 0 Å². The highest BCUT2D eigenvalue weighted by Gasteiger charge is 2.30. The number of aliphatic hydroxyl groups is 2. The van der Waals surface area contributed by atoms with Crippen molar-refractivity contribution < 1.29 is 24.4 Å². The van der Waals surface area contributed by atoms with E-state index in [9.17, 15) is 10.2 Å². The molecule has 1 aliphatic heterocycles. The van der Waals surface area contributed by atoms with Gasteiger partial charge in [0, 0.05) is 12.8 Å². The highest BCUT2D eigenvalue weighted by atomic mass is 35.5. The molecule has 0 radical (unpaired) electrons. The third-order valence-corrected chi connectivity index (χ3v) is 6.82. The maximum atomic E-state index is 10.1. The molecule has 29 heavy (non-hydrogen) atoms. The van der Waals surface area contributed by atoms with Crippen molar-refractivity contribution in [3.8, 4) is 5.75 Å². The summed E-state index contributed by atoms with van der Waals surface area (Å²) in [5.74, 6) is 0.675. The molecule has 2 aliphatic carbocycles. The molecule has 1 aromatic rings. The second-order valence-corrected chi connectivity index (χ2v) is 9.21. The molecule has 0 bridgehead atoms. The van der Waals surface area contributed by atoms with Crippen LogP contribution in [0.25, 0.3) is 0 Å². The Morgan fingerprint density at radius 3 is 2.38 bits per heavy atom. The fraction of sp³-hybridized carbons (Fsp3) is 0.739. The molecule has 3 atom stereocenters. The fourth-order valence-electron chi connectivity index (χ4n) is 4.90. The molecule has 1 heterocycles. The second kappa shape index (κ2) is 9.97. The van der Waals surface area contributed by atoms with Crippen LogP contribution in [-0.2, 0) is 9.47 Å². The van der Waals surface area contributed by atoms with Crippen LogP contribution in [0, 0.1) is 0 Å². The Bertz CT molecular complexity index is 655.